The summed E-state index contributed by atoms with van der Waals surface area (Å²) in [7, 11) is 1.51. The molecule has 92 valence electrons. The number of carbonyl (C=O) groups is 1. The van der Waals surface area contributed by atoms with Crippen LogP contribution in [0.25, 0.3) is 0 Å². The van der Waals surface area contributed by atoms with Crippen LogP contribution in [0, 0.1) is 0 Å². The lowest BCUT2D eigenvalue weighted by atomic mass is 9.80. The number of carbonyl (C=O) groups excluding carboxylic acids is 1. The van der Waals surface area contributed by atoms with Crippen LogP contribution in [0.1, 0.15) is 24.3 Å². The Balaban J connectivity index is 2.17. The molecule has 1 saturated carbocycles. The highest BCUT2D eigenvalue weighted by atomic mass is 35.5. The van der Waals surface area contributed by atoms with Crippen molar-refractivity contribution >= 4 is 17.4 Å². The van der Waals surface area contributed by atoms with E-state index in [1.807, 2.05) is 0 Å². The second-order valence-corrected chi connectivity index (χ2v) is 4.60. The lowest BCUT2D eigenvalue weighted by Gasteiger charge is -2.31. The van der Waals surface area contributed by atoms with Gasteiger partial charge in [0.05, 0.1) is 12.2 Å². The van der Waals surface area contributed by atoms with Crippen molar-refractivity contribution in [2.24, 2.45) is 0 Å². The zero-order chi connectivity index (χ0) is 12.4. The van der Waals surface area contributed by atoms with Crippen LogP contribution in [0.3, 0.4) is 0 Å². The molecule has 0 bridgehead atoms. The standard InChI is InChI=1S/C12H14ClNO3/c1-17-11-5-9(15)8(4-10(11)16)7-2-3-12(13)14-6-7/h2-3,6,8,10-11,16H,4-5H2,1H3/t8-,10-,11-/m1/s1. The van der Waals surface area contributed by atoms with Gasteiger partial charge in [-0.2, -0.15) is 0 Å². The van der Waals surface area contributed by atoms with Gasteiger partial charge in [-0.25, -0.2) is 4.98 Å². The Morgan fingerprint density at radius 1 is 1.53 bits per heavy atom. The molecule has 5 heteroatoms. The molecule has 17 heavy (non-hydrogen) atoms. The molecule has 3 atom stereocenters. The first kappa shape index (κ1) is 12.5. The van der Waals surface area contributed by atoms with Crippen molar-refractivity contribution in [1.82, 2.24) is 4.98 Å². The summed E-state index contributed by atoms with van der Waals surface area (Å²) in [4.78, 5) is 15.9. The number of aromatic nitrogens is 1. The molecule has 0 amide bonds. The van der Waals surface area contributed by atoms with Crippen molar-refractivity contribution in [3.63, 3.8) is 0 Å². The second-order valence-electron chi connectivity index (χ2n) is 4.21. The van der Waals surface area contributed by atoms with Crippen molar-refractivity contribution in [3.8, 4) is 0 Å². The fraction of sp³-hybridized carbons (Fsp3) is 0.500. The molecule has 2 rings (SSSR count). The van der Waals surface area contributed by atoms with E-state index in [-0.39, 0.29) is 24.2 Å². The zero-order valence-electron chi connectivity index (χ0n) is 9.47. The van der Waals surface area contributed by atoms with Gasteiger partial charge in [0.1, 0.15) is 10.9 Å². The van der Waals surface area contributed by atoms with E-state index in [0.29, 0.717) is 11.6 Å². The number of ether oxygens (including phenoxy) is 1. The van der Waals surface area contributed by atoms with Gasteiger partial charge in [0.2, 0.25) is 0 Å². The van der Waals surface area contributed by atoms with Crippen LogP contribution < -0.4 is 0 Å². The van der Waals surface area contributed by atoms with E-state index in [2.05, 4.69) is 4.98 Å². The summed E-state index contributed by atoms with van der Waals surface area (Å²) in [6, 6.07) is 3.43. The first-order valence-electron chi connectivity index (χ1n) is 5.47. The third-order valence-corrected chi connectivity index (χ3v) is 3.38. The molecule has 1 heterocycles. The fourth-order valence-electron chi connectivity index (χ4n) is 2.16. The molecule has 0 aromatic carbocycles. The molecule has 1 aromatic heterocycles. The third kappa shape index (κ3) is 2.65. The number of hydrogen-bond acceptors (Lipinski definition) is 4. The molecular formula is C12H14ClNO3. The van der Waals surface area contributed by atoms with E-state index < -0.39 is 6.10 Å². The Bertz CT molecular complexity index is 407. The molecular weight excluding hydrogens is 242 g/mol. The van der Waals surface area contributed by atoms with Gasteiger partial charge in [-0.3, -0.25) is 4.79 Å². The van der Waals surface area contributed by atoms with E-state index in [9.17, 15) is 9.90 Å². The first-order chi connectivity index (χ1) is 8.11. The minimum absolute atomic E-state index is 0.0753. The zero-order valence-corrected chi connectivity index (χ0v) is 10.2. The molecule has 0 aliphatic heterocycles. The van der Waals surface area contributed by atoms with E-state index in [4.69, 9.17) is 16.3 Å². The van der Waals surface area contributed by atoms with Crippen LogP contribution in [0.4, 0.5) is 0 Å². The summed E-state index contributed by atoms with van der Waals surface area (Å²) in [6.07, 6.45) is 1.20. The summed E-state index contributed by atoms with van der Waals surface area (Å²) in [5.74, 6) is -0.229. The molecule has 4 nitrogen and oxygen atoms in total. The Morgan fingerprint density at radius 3 is 2.88 bits per heavy atom. The van der Waals surface area contributed by atoms with Gasteiger partial charge in [0.15, 0.2) is 0 Å². The molecule has 1 aliphatic carbocycles. The summed E-state index contributed by atoms with van der Waals surface area (Å²) in [5.41, 5.74) is 0.799. The highest BCUT2D eigenvalue weighted by Gasteiger charge is 2.35. The molecule has 0 radical (unpaired) electrons. The Hall–Kier alpha value is -0.970. The molecule has 1 aromatic rings. The predicted octanol–water partition coefficient (Wildman–Crippen LogP) is 1.56. The van der Waals surface area contributed by atoms with E-state index in [1.165, 1.54) is 7.11 Å². The number of nitrogens with zero attached hydrogens (tertiary/aromatic N) is 1. The third-order valence-electron chi connectivity index (χ3n) is 3.15. The van der Waals surface area contributed by atoms with Crippen LogP contribution in [0.5, 0.6) is 0 Å². The second kappa shape index (κ2) is 5.12. The van der Waals surface area contributed by atoms with Crippen molar-refractivity contribution < 1.29 is 14.6 Å². The maximum atomic E-state index is 11.9. The van der Waals surface area contributed by atoms with Crippen LogP contribution in [-0.4, -0.2) is 35.2 Å². The Labute approximate surface area is 105 Å². The summed E-state index contributed by atoms with van der Waals surface area (Å²) < 4.78 is 5.07. The van der Waals surface area contributed by atoms with Crippen LogP contribution in [-0.2, 0) is 9.53 Å². The lowest BCUT2D eigenvalue weighted by molar-refractivity contribution is -0.131. The summed E-state index contributed by atoms with van der Waals surface area (Å²) in [5, 5.41) is 10.2. The van der Waals surface area contributed by atoms with Gasteiger partial charge >= 0.3 is 0 Å². The highest BCUT2D eigenvalue weighted by molar-refractivity contribution is 6.29. The van der Waals surface area contributed by atoms with E-state index >= 15 is 0 Å². The fourth-order valence-corrected chi connectivity index (χ4v) is 2.27. The van der Waals surface area contributed by atoms with Crippen molar-refractivity contribution in [3.05, 3.63) is 29.0 Å². The minimum Gasteiger partial charge on any atom is -0.390 e. The number of methoxy groups -OCH3 is 1. The quantitative estimate of drug-likeness (QED) is 0.815. The normalized spacial score (nSPS) is 29.4. The lowest BCUT2D eigenvalue weighted by Crippen LogP contribution is -2.39. The number of halogens is 1. The topological polar surface area (TPSA) is 59.4 Å². The number of ketones is 1. The average molecular weight is 256 g/mol. The Kier molecular flexibility index (Phi) is 3.76. The van der Waals surface area contributed by atoms with Crippen LogP contribution >= 0.6 is 11.6 Å². The average Bonchev–Trinajstić information content (AvgIpc) is 2.33. The number of aliphatic hydroxyl groups is 1. The largest absolute Gasteiger partial charge is 0.390 e. The SMILES string of the molecule is CO[C@@H]1CC(=O)[C@@H](c2ccc(Cl)nc2)C[C@H]1O. The van der Waals surface area contributed by atoms with Gasteiger partial charge < -0.3 is 9.84 Å². The van der Waals surface area contributed by atoms with E-state index in [1.54, 1.807) is 18.3 Å². The van der Waals surface area contributed by atoms with Gasteiger partial charge in [0, 0.05) is 25.6 Å². The van der Waals surface area contributed by atoms with Crippen LogP contribution in [0.15, 0.2) is 18.3 Å². The number of rotatable bonds is 2. The molecule has 0 unspecified atom stereocenters. The monoisotopic (exact) mass is 255 g/mol. The van der Waals surface area contributed by atoms with Crippen molar-refractivity contribution in [1.29, 1.82) is 0 Å². The van der Waals surface area contributed by atoms with Gasteiger partial charge in [0.25, 0.3) is 0 Å². The molecule has 0 spiro atoms. The van der Waals surface area contributed by atoms with Crippen molar-refractivity contribution in [2.75, 3.05) is 7.11 Å². The van der Waals surface area contributed by atoms with Gasteiger partial charge in [-0.05, 0) is 18.1 Å². The number of aliphatic hydroxyl groups excluding tert-OH is 1. The number of Topliss-reactive ketones (excluding diaryl/α,β-unsaturated/α-hetero) is 1. The summed E-state index contributed by atoms with van der Waals surface area (Å²) >= 11 is 5.70. The first-order valence-corrected chi connectivity index (χ1v) is 5.84. The maximum Gasteiger partial charge on any atom is 0.143 e. The number of hydrogen-bond donors (Lipinski definition) is 1. The molecule has 1 aliphatic rings. The molecule has 1 fully saturated rings. The maximum absolute atomic E-state index is 11.9. The van der Waals surface area contributed by atoms with Crippen LogP contribution in [0.2, 0.25) is 5.15 Å². The summed E-state index contributed by atoms with van der Waals surface area (Å²) in [6.45, 7) is 0. The molecule has 0 saturated heterocycles. The van der Waals surface area contributed by atoms with Gasteiger partial charge in [-0.15, -0.1) is 0 Å². The predicted molar refractivity (Wildman–Crippen MR) is 63.0 cm³/mol. The van der Waals surface area contributed by atoms with Gasteiger partial charge in [-0.1, -0.05) is 17.7 Å². The Morgan fingerprint density at radius 2 is 2.29 bits per heavy atom. The minimum atomic E-state index is -0.613. The van der Waals surface area contributed by atoms with E-state index in [0.717, 1.165) is 5.56 Å². The smallest absolute Gasteiger partial charge is 0.143 e. The highest BCUT2D eigenvalue weighted by Crippen LogP contribution is 2.31. The van der Waals surface area contributed by atoms with Crippen molar-refractivity contribution in [2.45, 2.75) is 31.0 Å². The number of pyridine rings is 1. The molecule has 1 N–H and O–H groups in total.